The number of nitrogens with zero attached hydrogens (tertiary/aromatic N) is 1. The van der Waals surface area contributed by atoms with Crippen LogP contribution in [0.25, 0.3) is 0 Å². The average molecular weight is 231 g/mol. The van der Waals surface area contributed by atoms with Crippen LogP contribution in [0.5, 0.6) is 0 Å². The molecule has 1 aromatic rings. The first-order valence-electron chi connectivity index (χ1n) is 5.93. The monoisotopic (exact) mass is 231 g/mol. The molecule has 90 valence electrons. The second-order valence-electron chi connectivity index (χ2n) is 4.06. The summed E-state index contributed by atoms with van der Waals surface area (Å²) in [6.07, 6.45) is 7.50. The molecule has 0 fully saturated rings. The molecule has 0 aliphatic carbocycles. The van der Waals surface area contributed by atoms with E-state index in [0.717, 1.165) is 25.9 Å². The van der Waals surface area contributed by atoms with Gasteiger partial charge in [0.1, 0.15) is 0 Å². The van der Waals surface area contributed by atoms with E-state index in [2.05, 4.69) is 21.7 Å². The zero-order valence-corrected chi connectivity index (χ0v) is 9.78. The molecule has 0 saturated heterocycles. The number of aromatic nitrogens is 1. The highest BCUT2D eigenvalue weighted by atomic mass is 16.1. The highest BCUT2D eigenvalue weighted by molar-refractivity contribution is 5.93. The largest absolute Gasteiger partial charge is 0.352 e. The van der Waals surface area contributed by atoms with Gasteiger partial charge < -0.3 is 10.6 Å². The van der Waals surface area contributed by atoms with Crippen LogP contribution in [0.2, 0.25) is 0 Å². The van der Waals surface area contributed by atoms with Gasteiger partial charge in [-0.3, -0.25) is 9.78 Å². The van der Waals surface area contributed by atoms with Gasteiger partial charge in [0.2, 0.25) is 0 Å². The van der Waals surface area contributed by atoms with Crippen molar-refractivity contribution in [2.75, 3.05) is 19.6 Å². The van der Waals surface area contributed by atoms with Crippen molar-refractivity contribution in [1.29, 1.82) is 0 Å². The molecular weight excluding hydrogens is 214 g/mol. The van der Waals surface area contributed by atoms with E-state index >= 15 is 0 Å². The molecule has 1 aromatic heterocycles. The molecule has 0 spiro atoms. The summed E-state index contributed by atoms with van der Waals surface area (Å²) in [6, 6.07) is 3.44. The van der Waals surface area contributed by atoms with Crippen molar-refractivity contribution >= 4 is 5.91 Å². The lowest BCUT2D eigenvalue weighted by atomic mass is 10.1. The van der Waals surface area contributed by atoms with Crippen LogP contribution in [0, 0.1) is 0 Å². The fraction of sp³-hybridized carbons (Fsp3) is 0.385. The molecule has 0 bridgehead atoms. The van der Waals surface area contributed by atoms with Crippen molar-refractivity contribution in [3.05, 3.63) is 41.7 Å². The van der Waals surface area contributed by atoms with Gasteiger partial charge in [-0.15, -0.1) is 0 Å². The van der Waals surface area contributed by atoms with E-state index in [1.165, 1.54) is 5.57 Å². The van der Waals surface area contributed by atoms with Crippen LogP contribution in [0.1, 0.15) is 23.2 Å². The number of carbonyl (C=O) groups excluding carboxylic acids is 1. The lowest BCUT2D eigenvalue weighted by Gasteiger charge is -2.14. The Kier molecular flexibility index (Phi) is 4.27. The maximum atomic E-state index is 11.7. The summed E-state index contributed by atoms with van der Waals surface area (Å²) >= 11 is 0. The van der Waals surface area contributed by atoms with E-state index in [-0.39, 0.29) is 5.91 Å². The van der Waals surface area contributed by atoms with Crippen LogP contribution in [-0.2, 0) is 0 Å². The first-order valence-corrected chi connectivity index (χ1v) is 5.93. The number of hydrogen-bond acceptors (Lipinski definition) is 3. The molecule has 0 unspecified atom stereocenters. The maximum absolute atomic E-state index is 11.7. The predicted molar refractivity (Wildman–Crippen MR) is 66.8 cm³/mol. The summed E-state index contributed by atoms with van der Waals surface area (Å²) in [4.78, 5) is 15.6. The van der Waals surface area contributed by atoms with E-state index in [4.69, 9.17) is 0 Å². The van der Waals surface area contributed by atoms with Gasteiger partial charge in [-0.25, -0.2) is 0 Å². The second-order valence-corrected chi connectivity index (χ2v) is 4.06. The molecule has 4 nitrogen and oxygen atoms in total. The first kappa shape index (κ1) is 11.8. The van der Waals surface area contributed by atoms with Crippen LogP contribution >= 0.6 is 0 Å². The molecule has 17 heavy (non-hydrogen) atoms. The number of amides is 1. The third-order valence-electron chi connectivity index (χ3n) is 2.83. The molecule has 2 N–H and O–H groups in total. The van der Waals surface area contributed by atoms with Gasteiger partial charge in [-0.05, 0) is 31.5 Å². The van der Waals surface area contributed by atoms with Gasteiger partial charge in [0.15, 0.2) is 0 Å². The van der Waals surface area contributed by atoms with Crippen molar-refractivity contribution in [3.63, 3.8) is 0 Å². The molecular formula is C13H17N3O. The Morgan fingerprint density at radius 1 is 1.41 bits per heavy atom. The Balaban J connectivity index is 1.75. The minimum absolute atomic E-state index is 0.0260. The first-order chi connectivity index (χ1) is 8.36. The molecule has 0 atom stereocenters. The van der Waals surface area contributed by atoms with Gasteiger partial charge in [0.05, 0.1) is 0 Å². The molecule has 0 aromatic carbocycles. The number of carbonyl (C=O) groups is 1. The van der Waals surface area contributed by atoms with Crippen LogP contribution in [-0.4, -0.2) is 30.5 Å². The lowest BCUT2D eigenvalue weighted by molar-refractivity contribution is 0.0954. The zero-order valence-electron chi connectivity index (χ0n) is 9.78. The summed E-state index contributed by atoms with van der Waals surface area (Å²) in [5.41, 5.74) is 2.10. The number of pyridine rings is 1. The summed E-state index contributed by atoms with van der Waals surface area (Å²) in [5.74, 6) is -0.0260. The minimum atomic E-state index is -0.0260. The summed E-state index contributed by atoms with van der Waals surface area (Å²) < 4.78 is 0. The summed E-state index contributed by atoms with van der Waals surface area (Å²) in [7, 11) is 0. The van der Waals surface area contributed by atoms with E-state index < -0.39 is 0 Å². The molecule has 0 saturated carbocycles. The molecule has 4 heteroatoms. The van der Waals surface area contributed by atoms with Crippen LogP contribution in [0.4, 0.5) is 0 Å². The number of hydrogen-bond donors (Lipinski definition) is 2. The van der Waals surface area contributed by atoms with Crippen molar-refractivity contribution < 1.29 is 4.79 Å². The second kappa shape index (κ2) is 6.15. The highest BCUT2D eigenvalue weighted by Crippen LogP contribution is 2.08. The third kappa shape index (κ3) is 3.67. The van der Waals surface area contributed by atoms with E-state index in [1.807, 2.05) is 0 Å². The van der Waals surface area contributed by atoms with Crippen molar-refractivity contribution in [2.45, 2.75) is 12.8 Å². The van der Waals surface area contributed by atoms with Gasteiger partial charge in [-0.2, -0.15) is 0 Å². The quantitative estimate of drug-likeness (QED) is 0.764. The molecule has 1 amide bonds. The van der Waals surface area contributed by atoms with Gasteiger partial charge >= 0.3 is 0 Å². The molecule has 1 aliphatic heterocycles. The zero-order chi connectivity index (χ0) is 11.9. The van der Waals surface area contributed by atoms with E-state index in [0.29, 0.717) is 12.1 Å². The summed E-state index contributed by atoms with van der Waals surface area (Å²) in [5, 5.41) is 6.19. The Morgan fingerprint density at radius 2 is 2.24 bits per heavy atom. The molecule has 0 radical (unpaired) electrons. The Labute approximate surface area is 101 Å². The van der Waals surface area contributed by atoms with E-state index in [9.17, 15) is 4.79 Å². The highest BCUT2D eigenvalue weighted by Gasteiger charge is 2.05. The third-order valence-corrected chi connectivity index (χ3v) is 2.83. The number of rotatable bonds is 4. The molecule has 2 rings (SSSR count). The van der Waals surface area contributed by atoms with Crippen LogP contribution in [0.3, 0.4) is 0 Å². The maximum Gasteiger partial charge on any atom is 0.251 e. The Bertz CT molecular complexity index is 400. The van der Waals surface area contributed by atoms with Crippen molar-refractivity contribution in [3.8, 4) is 0 Å². The van der Waals surface area contributed by atoms with Gasteiger partial charge in [0, 0.05) is 31.0 Å². The fourth-order valence-corrected chi connectivity index (χ4v) is 1.84. The fourth-order valence-electron chi connectivity index (χ4n) is 1.84. The Morgan fingerprint density at radius 3 is 2.94 bits per heavy atom. The lowest BCUT2D eigenvalue weighted by Crippen LogP contribution is -2.26. The number of nitrogens with one attached hydrogen (secondary N) is 2. The normalized spacial score (nSPS) is 15.2. The van der Waals surface area contributed by atoms with Gasteiger partial charge in [-0.1, -0.05) is 11.6 Å². The molecule has 2 heterocycles. The topological polar surface area (TPSA) is 54.0 Å². The SMILES string of the molecule is O=C(NCCC1=CCNCC1)c1ccncc1. The van der Waals surface area contributed by atoms with Crippen molar-refractivity contribution in [1.82, 2.24) is 15.6 Å². The van der Waals surface area contributed by atoms with Gasteiger partial charge in [0.25, 0.3) is 5.91 Å². The predicted octanol–water partition coefficient (Wildman–Crippen LogP) is 1.12. The Hall–Kier alpha value is -1.68. The minimum Gasteiger partial charge on any atom is -0.352 e. The standard InChI is InChI=1S/C13H17N3O/c17-13(12-4-8-15-9-5-12)16-10-3-11-1-6-14-7-2-11/h1,4-5,8-9,14H,2-3,6-7,10H2,(H,16,17). The van der Waals surface area contributed by atoms with Crippen LogP contribution < -0.4 is 10.6 Å². The molecule has 1 aliphatic rings. The van der Waals surface area contributed by atoms with Crippen LogP contribution in [0.15, 0.2) is 36.2 Å². The smallest absolute Gasteiger partial charge is 0.251 e. The summed E-state index contributed by atoms with van der Waals surface area (Å²) in [6.45, 7) is 2.70. The van der Waals surface area contributed by atoms with Crippen molar-refractivity contribution in [2.24, 2.45) is 0 Å². The average Bonchev–Trinajstić information content (AvgIpc) is 2.41. The van der Waals surface area contributed by atoms with E-state index in [1.54, 1.807) is 24.5 Å².